The number of likely N-dealkylation sites (tertiary alicyclic amines) is 1. The van der Waals surface area contributed by atoms with Gasteiger partial charge in [0.1, 0.15) is 10.7 Å². The predicted molar refractivity (Wildman–Crippen MR) is 78.4 cm³/mol. The highest BCUT2D eigenvalue weighted by molar-refractivity contribution is 7.09. The second-order valence-electron chi connectivity index (χ2n) is 5.34. The Morgan fingerprint density at radius 2 is 2.26 bits per heavy atom. The van der Waals surface area contributed by atoms with Gasteiger partial charge in [-0.2, -0.15) is 0 Å². The Balaban J connectivity index is 1.85. The molecule has 1 fully saturated rings. The third-order valence-corrected chi connectivity index (χ3v) is 4.39. The predicted octanol–water partition coefficient (Wildman–Crippen LogP) is 2.51. The molecule has 4 nitrogen and oxygen atoms in total. The summed E-state index contributed by atoms with van der Waals surface area (Å²) in [5.41, 5.74) is 0.568. The Labute approximate surface area is 119 Å². The number of piperidine rings is 1. The minimum Gasteiger partial charge on any atom is -0.351 e. The molecule has 0 aromatic carbocycles. The van der Waals surface area contributed by atoms with Crippen LogP contribution < -0.4 is 5.32 Å². The lowest BCUT2D eigenvalue weighted by Crippen LogP contribution is -2.32. The van der Waals surface area contributed by atoms with Gasteiger partial charge < -0.3 is 5.32 Å². The van der Waals surface area contributed by atoms with Crippen molar-refractivity contribution >= 4 is 17.2 Å². The Kier molecular flexibility index (Phi) is 5.34. The normalized spacial score (nSPS) is 17.6. The van der Waals surface area contributed by atoms with Crippen LogP contribution in [0.3, 0.4) is 0 Å². The van der Waals surface area contributed by atoms with Gasteiger partial charge in [0.2, 0.25) is 0 Å². The van der Waals surface area contributed by atoms with Crippen molar-refractivity contribution in [2.24, 2.45) is 5.92 Å². The maximum absolute atomic E-state index is 11.8. The fraction of sp³-hybridized carbons (Fsp3) is 0.714. The van der Waals surface area contributed by atoms with Crippen LogP contribution in [0.15, 0.2) is 5.38 Å². The van der Waals surface area contributed by atoms with Gasteiger partial charge >= 0.3 is 0 Å². The SMILES string of the molecule is CCCNC(=O)c1csc(CN2CCC(C)CC2)n1. The molecule has 0 unspecified atom stereocenters. The van der Waals surface area contributed by atoms with Gasteiger partial charge in [0.25, 0.3) is 5.91 Å². The molecule has 1 N–H and O–H groups in total. The Morgan fingerprint density at radius 1 is 1.53 bits per heavy atom. The summed E-state index contributed by atoms with van der Waals surface area (Å²) in [6.45, 7) is 8.27. The van der Waals surface area contributed by atoms with Crippen LogP contribution >= 0.6 is 11.3 Å². The van der Waals surface area contributed by atoms with Gasteiger partial charge in [0.05, 0.1) is 6.54 Å². The van der Waals surface area contributed by atoms with E-state index in [1.165, 1.54) is 12.8 Å². The van der Waals surface area contributed by atoms with Crippen molar-refractivity contribution in [2.45, 2.75) is 39.7 Å². The third-order valence-electron chi connectivity index (χ3n) is 3.56. The van der Waals surface area contributed by atoms with E-state index in [-0.39, 0.29) is 5.91 Å². The molecule has 1 aliphatic heterocycles. The number of hydrogen-bond donors (Lipinski definition) is 1. The molecule has 19 heavy (non-hydrogen) atoms. The monoisotopic (exact) mass is 281 g/mol. The quantitative estimate of drug-likeness (QED) is 0.902. The fourth-order valence-corrected chi connectivity index (χ4v) is 3.04. The second-order valence-corrected chi connectivity index (χ2v) is 6.28. The summed E-state index contributed by atoms with van der Waals surface area (Å²) in [6, 6.07) is 0. The van der Waals surface area contributed by atoms with E-state index >= 15 is 0 Å². The number of amides is 1. The maximum Gasteiger partial charge on any atom is 0.270 e. The van der Waals surface area contributed by atoms with Crippen LogP contribution in [0.4, 0.5) is 0 Å². The van der Waals surface area contributed by atoms with Crippen LogP contribution in [0.1, 0.15) is 48.6 Å². The van der Waals surface area contributed by atoms with E-state index in [1.54, 1.807) is 11.3 Å². The number of hydrogen-bond acceptors (Lipinski definition) is 4. The summed E-state index contributed by atoms with van der Waals surface area (Å²) in [5.74, 6) is 0.805. The molecule has 106 valence electrons. The summed E-state index contributed by atoms with van der Waals surface area (Å²) in [6.07, 6.45) is 3.50. The van der Waals surface area contributed by atoms with Crippen molar-refractivity contribution in [3.63, 3.8) is 0 Å². The first-order chi connectivity index (χ1) is 9.19. The molecule has 1 aromatic heterocycles. The third kappa shape index (κ3) is 4.28. The van der Waals surface area contributed by atoms with Gasteiger partial charge in [-0.3, -0.25) is 9.69 Å². The van der Waals surface area contributed by atoms with Crippen LogP contribution in [-0.2, 0) is 6.54 Å². The summed E-state index contributed by atoms with van der Waals surface area (Å²) in [7, 11) is 0. The molecule has 1 aliphatic rings. The summed E-state index contributed by atoms with van der Waals surface area (Å²) in [5, 5.41) is 5.78. The lowest BCUT2D eigenvalue weighted by atomic mass is 9.99. The lowest BCUT2D eigenvalue weighted by molar-refractivity contribution is 0.0949. The lowest BCUT2D eigenvalue weighted by Gasteiger charge is -2.29. The van der Waals surface area contributed by atoms with Crippen molar-refractivity contribution in [3.8, 4) is 0 Å². The highest BCUT2D eigenvalue weighted by atomic mass is 32.1. The first-order valence-corrected chi connectivity index (χ1v) is 8.02. The van der Waals surface area contributed by atoms with Gasteiger partial charge in [-0.25, -0.2) is 4.98 Å². The highest BCUT2D eigenvalue weighted by Crippen LogP contribution is 2.19. The molecule has 0 spiro atoms. The number of aromatic nitrogens is 1. The van der Waals surface area contributed by atoms with Gasteiger partial charge in [0, 0.05) is 11.9 Å². The highest BCUT2D eigenvalue weighted by Gasteiger charge is 2.17. The van der Waals surface area contributed by atoms with Crippen LogP contribution in [0.2, 0.25) is 0 Å². The van der Waals surface area contributed by atoms with E-state index in [0.717, 1.165) is 43.5 Å². The van der Waals surface area contributed by atoms with Crippen LogP contribution in [-0.4, -0.2) is 35.4 Å². The van der Waals surface area contributed by atoms with Crippen molar-refractivity contribution in [1.82, 2.24) is 15.2 Å². The zero-order chi connectivity index (χ0) is 13.7. The smallest absolute Gasteiger partial charge is 0.270 e. The number of nitrogens with one attached hydrogen (secondary N) is 1. The van der Waals surface area contributed by atoms with Gasteiger partial charge in [-0.05, 0) is 38.3 Å². The topological polar surface area (TPSA) is 45.2 Å². The Hall–Kier alpha value is -0.940. The molecule has 0 atom stereocenters. The first kappa shape index (κ1) is 14.5. The van der Waals surface area contributed by atoms with Crippen LogP contribution in [0.25, 0.3) is 0 Å². The van der Waals surface area contributed by atoms with Crippen molar-refractivity contribution in [2.75, 3.05) is 19.6 Å². The Morgan fingerprint density at radius 3 is 2.95 bits per heavy atom. The molecule has 0 radical (unpaired) electrons. The van der Waals surface area contributed by atoms with Crippen molar-refractivity contribution in [1.29, 1.82) is 0 Å². The van der Waals surface area contributed by atoms with E-state index in [2.05, 4.69) is 22.1 Å². The van der Waals surface area contributed by atoms with Gasteiger partial charge in [0.15, 0.2) is 0 Å². The molecule has 2 rings (SSSR count). The minimum absolute atomic E-state index is 0.0448. The van der Waals surface area contributed by atoms with E-state index in [0.29, 0.717) is 5.69 Å². The van der Waals surface area contributed by atoms with Crippen LogP contribution in [0.5, 0.6) is 0 Å². The molecule has 5 heteroatoms. The average molecular weight is 281 g/mol. The standard InChI is InChI=1S/C14H23N3OS/c1-3-6-15-14(18)12-10-19-13(16-12)9-17-7-4-11(2)5-8-17/h10-11H,3-9H2,1-2H3,(H,15,18). The summed E-state index contributed by atoms with van der Waals surface area (Å²) < 4.78 is 0. The minimum atomic E-state index is -0.0448. The first-order valence-electron chi connectivity index (χ1n) is 7.14. The Bertz CT molecular complexity index is 411. The zero-order valence-electron chi connectivity index (χ0n) is 11.8. The van der Waals surface area contributed by atoms with Crippen LogP contribution in [0, 0.1) is 5.92 Å². The zero-order valence-corrected chi connectivity index (χ0v) is 12.6. The van der Waals surface area contributed by atoms with E-state index in [1.807, 2.05) is 12.3 Å². The molecule has 0 aliphatic carbocycles. The maximum atomic E-state index is 11.8. The van der Waals surface area contributed by atoms with Gasteiger partial charge in [-0.15, -0.1) is 11.3 Å². The molecule has 0 bridgehead atoms. The van der Waals surface area contributed by atoms with E-state index in [4.69, 9.17) is 0 Å². The molecule has 1 saturated heterocycles. The fourth-order valence-electron chi connectivity index (χ4n) is 2.23. The summed E-state index contributed by atoms with van der Waals surface area (Å²) in [4.78, 5) is 18.6. The number of thiazole rings is 1. The molecular weight excluding hydrogens is 258 g/mol. The number of nitrogens with zero attached hydrogens (tertiary/aromatic N) is 2. The molecule has 0 saturated carbocycles. The molecular formula is C14H23N3OS. The van der Waals surface area contributed by atoms with Gasteiger partial charge in [-0.1, -0.05) is 13.8 Å². The van der Waals surface area contributed by atoms with E-state index < -0.39 is 0 Å². The average Bonchev–Trinajstić information content (AvgIpc) is 2.87. The number of carbonyl (C=O) groups is 1. The largest absolute Gasteiger partial charge is 0.351 e. The number of rotatable bonds is 5. The number of carbonyl (C=O) groups excluding carboxylic acids is 1. The second kappa shape index (κ2) is 7.01. The molecule has 1 aromatic rings. The molecule has 2 heterocycles. The molecule has 1 amide bonds. The van der Waals surface area contributed by atoms with Crippen molar-refractivity contribution in [3.05, 3.63) is 16.1 Å². The summed E-state index contributed by atoms with van der Waals surface area (Å²) >= 11 is 1.59. The van der Waals surface area contributed by atoms with E-state index in [9.17, 15) is 4.79 Å². The van der Waals surface area contributed by atoms with Crippen molar-refractivity contribution < 1.29 is 4.79 Å².